The number of fused-ring (bicyclic) bond motifs is 7. The number of ether oxygens (including phenoxy) is 14. The van der Waals surface area contributed by atoms with E-state index in [1.165, 1.54) is 13.8 Å². The second-order valence-electron chi connectivity index (χ2n) is 34.2. The zero-order valence-corrected chi connectivity index (χ0v) is 62.5. The third-order valence-corrected chi connectivity index (χ3v) is 27.3. The molecule has 5 aliphatic carbocycles. The van der Waals surface area contributed by atoms with E-state index < -0.39 is 304 Å². The van der Waals surface area contributed by atoms with Gasteiger partial charge in [0, 0.05) is 6.42 Å². The number of amides is 1. The molecule has 7 saturated heterocycles. The summed E-state index contributed by atoms with van der Waals surface area (Å²) < 4.78 is 84.0. The van der Waals surface area contributed by atoms with Gasteiger partial charge < -0.3 is 173 Å². The van der Waals surface area contributed by atoms with Crippen LogP contribution in [0.1, 0.15) is 120 Å². The van der Waals surface area contributed by atoms with Crippen molar-refractivity contribution >= 4 is 24.1 Å². The third kappa shape index (κ3) is 14.8. The molecular weight excluding hydrogens is 1470 g/mol. The number of esters is 1. The van der Waals surface area contributed by atoms with E-state index in [-0.39, 0.29) is 31.6 Å². The van der Waals surface area contributed by atoms with Crippen LogP contribution >= 0.6 is 0 Å². The van der Waals surface area contributed by atoms with Crippen LogP contribution in [0.5, 0.6) is 0 Å². The second-order valence-corrected chi connectivity index (χ2v) is 34.2. The van der Waals surface area contributed by atoms with Gasteiger partial charge >= 0.3 is 11.9 Å². The van der Waals surface area contributed by atoms with Gasteiger partial charge in [0.25, 0.3) is 0 Å². The topological polar surface area (TPSA) is 594 Å². The molecule has 11 fully saturated rings. The van der Waals surface area contributed by atoms with Crippen molar-refractivity contribution in [1.29, 1.82) is 0 Å². The Morgan fingerprint density at radius 2 is 1.18 bits per heavy atom. The van der Waals surface area contributed by atoms with Crippen molar-refractivity contribution < 1.29 is 183 Å². The molecular formula is C72H113NO37. The summed E-state index contributed by atoms with van der Waals surface area (Å²) in [5.74, 6) is -4.84. The number of aliphatic hydroxyl groups excluding tert-OH is 17. The van der Waals surface area contributed by atoms with E-state index in [1.54, 1.807) is 6.92 Å². The Morgan fingerprint density at radius 3 is 1.83 bits per heavy atom. The molecule has 0 radical (unpaired) electrons. The zero-order chi connectivity index (χ0) is 80.4. The van der Waals surface area contributed by atoms with Crippen LogP contribution in [0.3, 0.4) is 0 Å². The van der Waals surface area contributed by atoms with Gasteiger partial charge in [0.05, 0.1) is 69.4 Å². The quantitative estimate of drug-likeness (QED) is 0.0220. The van der Waals surface area contributed by atoms with Gasteiger partial charge in [0.1, 0.15) is 133 Å². The van der Waals surface area contributed by atoms with Gasteiger partial charge in [-0.15, -0.1) is 0 Å². The highest BCUT2D eigenvalue weighted by Gasteiger charge is 2.73. The van der Waals surface area contributed by atoms with E-state index in [0.717, 1.165) is 11.9 Å². The van der Waals surface area contributed by atoms with Crippen LogP contribution in [0.25, 0.3) is 0 Å². The lowest BCUT2D eigenvalue weighted by molar-refractivity contribution is -0.391. The van der Waals surface area contributed by atoms with Gasteiger partial charge in [-0.05, 0) is 104 Å². The Labute approximate surface area is 633 Å². The maximum Gasteiger partial charge on any atom is 0.335 e. The summed E-state index contributed by atoms with van der Waals surface area (Å²) in [5, 5.41) is 213. The van der Waals surface area contributed by atoms with E-state index in [0.29, 0.717) is 38.5 Å². The van der Waals surface area contributed by atoms with E-state index >= 15 is 4.79 Å². The van der Waals surface area contributed by atoms with Crippen LogP contribution in [-0.4, -0.2) is 363 Å². The molecule has 12 rings (SSSR count). The number of carbonyl (C=O) groups is 4. The van der Waals surface area contributed by atoms with Gasteiger partial charge in [0.2, 0.25) is 12.2 Å². The summed E-state index contributed by atoms with van der Waals surface area (Å²) in [6.45, 7) is 10.7. The maximum absolute atomic E-state index is 16.0. The Morgan fingerprint density at radius 1 is 0.573 bits per heavy atom. The highest BCUT2D eigenvalue weighted by molar-refractivity contribution is 5.80. The van der Waals surface area contributed by atoms with E-state index in [2.05, 4.69) is 46.0 Å². The van der Waals surface area contributed by atoms with Crippen LogP contribution in [0.15, 0.2) is 11.6 Å². The van der Waals surface area contributed by atoms with Crippen molar-refractivity contribution in [2.75, 3.05) is 39.6 Å². The number of carboxylic acid groups (broad SMARTS) is 1. The van der Waals surface area contributed by atoms with Crippen molar-refractivity contribution in [3.8, 4) is 0 Å². The SMILES string of the molecule is CCC(=O)N[C@@H]1C(O)C(O[C@@H]2OC(C)[C@H](O[C@@H]3OC[C@@H](O)C(O[C@@H]4OC[C@@](O)(CO)C4O)C3O)C(O)C2O)[C@H](OC(=O)[C@]23CCC(C)(C)CC2C2=CCC4C5(C)CC[C@H](O[C@@H]6OC(C(=O)O)[C@@H](O)[C@H](O[C@@H]7OC[C@@H](O)[C@H](O)C7O)C6O[C@@H]6OC(CO)[C@H](O)[C@H](O)C6O)[C@](C)(C=O)[C@@H]5CC[C@]4(C)[C@]2(C)CC3O)O[C@@H]1CO. The molecule has 41 atom stereocenters. The second kappa shape index (κ2) is 32.5. The summed E-state index contributed by atoms with van der Waals surface area (Å²) in [6, 6.07) is -1.46. The number of aldehydes is 1. The van der Waals surface area contributed by atoms with Gasteiger partial charge in [-0.2, -0.15) is 0 Å². The minimum atomic E-state index is -2.24. The number of aliphatic carboxylic acids is 1. The molecule has 0 spiro atoms. The van der Waals surface area contributed by atoms with Crippen molar-refractivity contribution in [1.82, 2.24) is 5.32 Å². The molecule has 0 aromatic heterocycles. The molecule has 7 heterocycles. The van der Waals surface area contributed by atoms with Crippen molar-refractivity contribution in [3.05, 3.63) is 11.6 Å². The molecule has 38 heteroatoms. The standard InChI is InChI=1S/C72H113NO37/c1-9-38(81)73-39-32(20-74)101-62(54(42(39)84)108-60-47(89)44(86)50(27(2)100-60)104-59-49(91)51(31(79)23-98-59)105-64-56(92)71(96,25-77)26-99-64)110-65(95)72-17-16-66(3,4)18-29(72)28-10-11-35-67(5)14-13-37(68(6,24-76)34(67)12-15-69(35,7)70(28,8)19-36(72)80)103-63-55(109-61-46(88)43(85)41(83)33(21-75)102-61)52(48(90)53(107-63)57(93)94)106-58-45(87)40(82)30(78)22-97-58/h10,24,27,29-37,39-56,58-64,74-75,77-80,82-92,96H,9,11-23,25-26H2,1-8H3,(H,73,81)(H,93,94)/t27?,29?,30-,31-,32-,33?,34-,35?,36?,37+,39+,40+,41+,42?,43+,44?,45?,46?,47?,48+,49?,50+,51?,52+,53?,54?,55?,56?,58+,59+,60+,61+,62+,63-,64+,67?,68-,69+,70-,71+,72-/m1/s1. The summed E-state index contributed by atoms with van der Waals surface area (Å²) in [7, 11) is 0. The zero-order valence-electron chi connectivity index (χ0n) is 62.5. The highest BCUT2D eigenvalue weighted by atomic mass is 16.8. The predicted molar refractivity (Wildman–Crippen MR) is 360 cm³/mol. The fourth-order valence-corrected chi connectivity index (χ4v) is 20.5. The monoisotopic (exact) mass is 1580 g/mol. The largest absolute Gasteiger partial charge is 0.479 e. The molecule has 0 aromatic rings. The molecule has 0 aromatic carbocycles. The fraction of sp³-hybridized carbons (Fsp3) is 0.917. The Hall–Kier alpha value is -3.42. The maximum atomic E-state index is 16.0. The number of nitrogens with one attached hydrogen (secondary N) is 1. The first-order chi connectivity index (χ1) is 51.7. The Kier molecular flexibility index (Phi) is 25.4. The van der Waals surface area contributed by atoms with Crippen LogP contribution < -0.4 is 5.32 Å². The predicted octanol–water partition coefficient (Wildman–Crippen LogP) is -6.84. The number of carboxylic acids is 1. The van der Waals surface area contributed by atoms with Gasteiger partial charge in [-0.3, -0.25) is 9.59 Å². The van der Waals surface area contributed by atoms with Crippen LogP contribution in [0.2, 0.25) is 0 Å². The third-order valence-electron chi connectivity index (χ3n) is 27.3. The summed E-state index contributed by atoms with van der Waals surface area (Å²) in [5.41, 5.74) is -7.23. The number of aliphatic hydroxyl groups is 18. The smallest absolute Gasteiger partial charge is 0.335 e. The van der Waals surface area contributed by atoms with Crippen molar-refractivity contribution in [2.24, 2.45) is 50.2 Å². The number of hydrogen-bond donors (Lipinski definition) is 20. The molecule has 7 aliphatic heterocycles. The molecule has 0 bridgehead atoms. The number of hydrogen-bond acceptors (Lipinski definition) is 36. The first-order valence-electron chi connectivity index (χ1n) is 38.1. The molecule has 628 valence electrons. The van der Waals surface area contributed by atoms with Crippen LogP contribution in [0.4, 0.5) is 0 Å². The first kappa shape index (κ1) is 85.9. The van der Waals surface area contributed by atoms with Crippen LogP contribution in [0, 0.1) is 50.2 Å². The summed E-state index contributed by atoms with van der Waals surface area (Å²) in [6.07, 6.45) is -51.1. The molecule has 110 heavy (non-hydrogen) atoms. The fourth-order valence-electron chi connectivity index (χ4n) is 20.5. The van der Waals surface area contributed by atoms with Gasteiger partial charge in [-0.1, -0.05) is 60.1 Å². The van der Waals surface area contributed by atoms with Crippen LogP contribution in [-0.2, 0) is 85.5 Å². The lowest BCUT2D eigenvalue weighted by atomic mass is 9.33. The lowest BCUT2D eigenvalue weighted by Crippen LogP contribution is -2.70. The average Bonchev–Trinajstić information content (AvgIpc) is 0.706. The minimum Gasteiger partial charge on any atom is -0.479 e. The molecule has 4 saturated carbocycles. The van der Waals surface area contributed by atoms with Crippen molar-refractivity contribution in [2.45, 2.75) is 322 Å². The lowest BCUT2D eigenvalue weighted by Gasteiger charge is -2.71. The summed E-state index contributed by atoms with van der Waals surface area (Å²) >= 11 is 0. The molecule has 17 unspecified atom stereocenters. The number of rotatable bonds is 21. The first-order valence-corrected chi connectivity index (χ1v) is 38.1. The molecule has 12 aliphatic rings. The van der Waals surface area contributed by atoms with Crippen molar-refractivity contribution in [3.63, 3.8) is 0 Å². The Balaban J connectivity index is 0.800. The molecule has 1 amide bonds. The highest BCUT2D eigenvalue weighted by Crippen LogP contribution is 2.76. The average molecular weight is 1580 g/mol. The normalized spacial score (nSPS) is 52.9. The number of allylic oxidation sites excluding steroid dienone is 2. The van der Waals surface area contributed by atoms with E-state index in [9.17, 15) is 111 Å². The molecule has 20 N–H and O–H groups in total. The van der Waals surface area contributed by atoms with Gasteiger partial charge in [0.15, 0.2) is 49.9 Å². The van der Waals surface area contributed by atoms with E-state index in [1.807, 2.05) is 0 Å². The van der Waals surface area contributed by atoms with Gasteiger partial charge in [-0.25, -0.2) is 4.79 Å². The Bertz CT molecular complexity index is 3270. The van der Waals surface area contributed by atoms with E-state index in [4.69, 9.17) is 66.3 Å². The molecule has 38 nitrogen and oxygen atoms in total. The summed E-state index contributed by atoms with van der Waals surface area (Å²) in [4.78, 5) is 56.4. The minimum absolute atomic E-state index is 0.00372. The number of carbonyl (C=O) groups excluding carboxylic acids is 3.